The van der Waals surface area contributed by atoms with E-state index in [-0.39, 0.29) is 18.5 Å². The molecule has 27 heavy (non-hydrogen) atoms. The van der Waals surface area contributed by atoms with Crippen LogP contribution >= 0.6 is 11.6 Å². The molecule has 0 radical (unpaired) electrons. The first-order chi connectivity index (χ1) is 12.9. The summed E-state index contributed by atoms with van der Waals surface area (Å²) in [6.07, 6.45) is 0. The zero-order chi connectivity index (χ0) is 19.4. The van der Waals surface area contributed by atoms with Crippen molar-refractivity contribution in [1.29, 1.82) is 0 Å². The molecule has 0 bridgehead atoms. The molecule has 0 unspecified atom stereocenters. The Labute approximate surface area is 163 Å². The van der Waals surface area contributed by atoms with Gasteiger partial charge in [0.2, 0.25) is 11.7 Å². The Balaban J connectivity index is 1.61. The monoisotopic (exact) mass is 383 g/mol. The Morgan fingerprint density at radius 3 is 2.30 bits per heavy atom. The summed E-state index contributed by atoms with van der Waals surface area (Å²) in [5.41, 5.74) is 3.10. The molecule has 6 nitrogen and oxygen atoms in total. The van der Waals surface area contributed by atoms with Crippen molar-refractivity contribution in [2.45, 2.75) is 39.3 Å². The van der Waals surface area contributed by atoms with Gasteiger partial charge in [-0.15, -0.1) is 10.2 Å². The van der Waals surface area contributed by atoms with Crippen molar-refractivity contribution >= 4 is 17.5 Å². The summed E-state index contributed by atoms with van der Waals surface area (Å²) in [6.45, 7) is 6.22. The Morgan fingerprint density at radius 1 is 1.04 bits per heavy atom. The second kappa shape index (κ2) is 8.31. The molecule has 1 aromatic heterocycles. The van der Waals surface area contributed by atoms with Gasteiger partial charge < -0.3 is 5.32 Å². The molecule has 2 aromatic carbocycles. The lowest BCUT2D eigenvalue weighted by Gasteiger charge is -2.14. The van der Waals surface area contributed by atoms with Crippen LogP contribution in [-0.4, -0.2) is 26.1 Å². The molecule has 0 saturated carbocycles. The van der Waals surface area contributed by atoms with Crippen LogP contribution in [0, 0.1) is 0 Å². The largest absolute Gasteiger partial charge is 0.348 e. The number of hydrogen-bond donors (Lipinski definition) is 1. The molecule has 0 aliphatic carbocycles. The summed E-state index contributed by atoms with van der Waals surface area (Å²) >= 11 is 5.89. The fraction of sp³-hybridized carbons (Fsp3) is 0.300. The highest BCUT2D eigenvalue weighted by Gasteiger charge is 2.13. The molecule has 1 N–H and O–H groups in total. The fourth-order valence-corrected chi connectivity index (χ4v) is 2.82. The van der Waals surface area contributed by atoms with E-state index in [2.05, 4.69) is 46.7 Å². The lowest BCUT2D eigenvalue weighted by atomic mass is 10.0. The first-order valence-electron chi connectivity index (χ1n) is 8.85. The molecular formula is C20H22ClN5O. The second-order valence-electron chi connectivity index (χ2n) is 6.76. The van der Waals surface area contributed by atoms with Gasteiger partial charge in [0.1, 0.15) is 6.54 Å². The van der Waals surface area contributed by atoms with Crippen LogP contribution in [0.4, 0.5) is 0 Å². The van der Waals surface area contributed by atoms with Gasteiger partial charge in [0.25, 0.3) is 0 Å². The standard InChI is InChI=1S/C20H22ClN5O/c1-13(2)15-4-6-17(7-5-15)20-23-25-26(24-20)12-19(27)22-14(3)16-8-10-18(21)11-9-16/h4-11,13-14H,12H2,1-3H3,(H,22,27)/t14-/m1/s1. The van der Waals surface area contributed by atoms with Crippen LogP contribution in [0.1, 0.15) is 43.9 Å². The minimum Gasteiger partial charge on any atom is -0.348 e. The molecule has 0 aliphatic heterocycles. The zero-order valence-corrected chi connectivity index (χ0v) is 16.3. The number of benzene rings is 2. The van der Waals surface area contributed by atoms with Crippen molar-refractivity contribution in [3.05, 3.63) is 64.7 Å². The Kier molecular flexibility index (Phi) is 5.86. The maximum absolute atomic E-state index is 12.3. The Morgan fingerprint density at radius 2 is 1.67 bits per heavy atom. The number of carbonyl (C=O) groups is 1. The van der Waals surface area contributed by atoms with E-state index < -0.39 is 0 Å². The molecule has 3 rings (SSSR count). The average molecular weight is 384 g/mol. The van der Waals surface area contributed by atoms with Gasteiger partial charge in [-0.1, -0.05) is 61.8 Å². The molecule has 1 atom stereocenters. The highest BCUT2D eigenvalue weighted by molar-refractivity contribution is 6.30. The number of aromatic nitrogens is 4. The predicted octanol–water partition coefficient (Wildman–Crippen LogP) is 3.99. The third-order valence-corrected chi connectivity index (χ3v) is 4.57. The van der Waals surface area contributed by atoms with Gasteiger partial charge in [0.15, 0.2) is 0 Å². The van der Waals surface area contributed by atoms with Gasteiger partial charge >= 0.3 is 0 Å². The Hall–Kier alpha value is -2.73. The van der Waals surface area contributed by atoms with Gasteiger partial charge in [0.05, 0.1) is 6.04 Å². The summed E-state index contributed by atoms with van der Waals surface area (Å²) in [7, 11) is 0. The van der Waals surface area contributed by atoms with Crippen molar-refractivity contribution in [3.8, 4) is 11.4 Å². The zero-order valence-electron chi connectivity index (χ0n) is 15.6. The van der Waals surface area contributed by atoms with Gasteiger partial charge in [0, 0.05) is 10.6 Å². The first kappa shape index (κ1) is 19.0. The highest BCUT2D eigenvalue weighted by Crippen LogP contribution is 2.19. The third kappa shape index (κ3) is 4.92. The number of hydrogen-bond acceptors (Lipinski definition) is 4. The summed E-state index contributed by atoms with van der Waals surface area (Å²) in [5.74, 6) is 0.787. The van der Waals surface area contributed by atoms with E-state index in [4.69, 9.17) is 11.6 Å². The van der Waals surface area contributed by atoms with E-state index in [0.29, 0.717) is 16.8 Å². The number of nitrogens with one attached hydrogen (secondary N) is 1. The van der Waals surface area contributed by atoms with Gasteiger partial charge in [-0.3, -0.25) is 4.79 Å². The van der Waals surface area contributed by atoms with E-state index in [9.17, 15) is 4.79 Å². The van der Waals surface area contributed by atoms with Crippen LogP contribution in [0.2, 0.25) is 5.02 Å². The summed E-state index contributed by atoms with van der Waals surface area (Å²) in [6, 6.07) is 15.3. The van der Waals surface area contributed by atoms with Gasteiger partial charge in [-0.25, -0.2) is 0 Å². The van der Waals surface area contributed by atoms with Crippen molar-refractivity contribution in [1.82, 2.24) is 25.5 Å². The first-order valence-corrected chi connectivity index (χ1v) is 9.23. The van der Waals surface area contributed by atoms with E-state index in [0.717, 1.165) is 11.1 Å². The number of tetrazole rings is 1. The molecule has 7 heteroatoms. The second-order valence-corrected chi connectivity index (χ2v) is 7.20. The molecule has 3 aromatic rings. The molecule has 1 heterocycles. The fourth-order valence-electron chi connectivity index (χ4n) is 2.69. The van der Waals surface area contributed by atoms with E-state index >= 15 is 0 Å². The number of amides is 1. The topological polar surface area (TPSA) is 72.7 Å². The van der Waals surface area contributed by atoms with Crippen molar-refractivity contribution in [3.63, 3.8) is 0 Å². The lowest BCUT2D eigenvalue weighted by Crippen LogP contribution is -2.30. The quantitative estimate of drug-likeness (QED) is 0.698. The number of carbonyl (C=O) groups excluding carboxylic acids is 1. The lowest BCUT2D eigenvalue weighted by molar-refractivity contribution is -0.122. The van der Waals surface area contributed by atoms with E-state index in [1.54, 1.807) is 12.1 Å². The van der Waals surface area contributed by atoms with E-state index in [1.165, 1.54) is 10.4 Å². The van der Waals surface area contributed by atoms with Crippen LogP contribution in [-0.2, 0) is 11.3 Å². The smallest absolute Gasteiger partial charge is 0.244 e. The molecule has 0 saturated heterocycles. The van der Waals surface area contributed by atoms with Crippen LogP contribution in [0.3, 0.4) is 0 Å². The van der Waals surface area contributed by atoms with Gasteiger partial charge in [-0.2, -0.15) is 4.80 Å². The minimum atomic E-state index is -0.184. The highest BCUT2D eigenvalue weighted by atomic mass is 35.5. The third-order valence-electron chi connectivity index (χ3n) is 4.32. The van der Waals surface area contributed by atoms with Crippen LogP contribution in [0.5, 0.6) is 0 Å². The predicted molar refractivity (Wildman–Crippen MR) is 105 cm³/mol. The SMILES string of the molecule is CC(C)c1ccc(-c2nnn(CC(=O)N[C@H](C)c3ccc(Cl)cc3)n2)cc1. The summed E-state index contributed by atoms with van der Waals surface area (Å²) in [5, 5.41) is 15.9. The van der Waals surface area contributed by atoms with E-state index in [1.807, 2.05) is 31.2 Å². The average Bonchev–Trinajstić information content (AvgIpc) is 3.10. The number of rotatable bonds is 6. The number of halogens is 1. The molecule has 0 aliphatic rings. The minimum absolute atomic E-state index is 0.00894. The van der Waals surface area contributed by atoms with Crippen molar-refractivity contribution in [2.75, 3.05) is 0 Å². The summed E-state index contributed by atoms with van der Waals surface area (Å²) < 4.78 is 0. The van der Waals surface area contributed by atoms with Crippen LogP contribution in [0.25, 0.3) is 11.4 Å². The maximum atomic E-state index is 12.3. The molecule has 1 amide bonds. The molecule has 140 valence electrons. The van der Waals surface area contributed by atoms with Crippen molar-refractivity contribution < 1.29 is 4.79 Å². The van der Waals surface area contributed by atoms with Crippen LogP contribution in [0.15, 0.2) is 48.5 Å². The molecular weight excluding hydrogens is 362 g/mol. The van der Waals surface area contributed by atoms with Gasteiger partial charge in [-0.05, 0) is 41.3 Å². The maximum Gasteiger partial charge on any atom is 0.244 e. The number of nitrogens with zero attached hydrogens (tertiary/aromatic N) is 4. The normalized spacial score (nSPS) is 12.2. The van der Waals surface area contributed by atoms with Crippen LogP contribution < -0.4 is 5.32 Å². The Bertz CT molecular complexity index is 903. The molecule has 0 fully saturated rings. The molecule has 0 spiro atoms. The summed E-state index contributed by atoms with van der Waals surface area (Å²) in [4.78, 5) is 13.6. The van der Waals surface area contributed by atoms with Crippen molar-refractivity contribution in [2.24, 2.45) is 0 Å².